The third kappa shape index (κ3) is 6.45. The number of carboxylic acid groups (broad SMARTS) is 1. The van der Waals surface area contributed by atoms with Gasteiger partial charge in [-0.05, 0) is 26.7 Å². The number of carbonyl (C=O) groups is 3. The smallest absolute Gasteiger partial charge is 0.308 e. The van der Waals surface area contributed by atoms with Crippen LogP contribution in [-0.4, -0.2) is 85.3 Å². The maximum Gasteiger partial charge on any atom is 0.308 e. The Balaban J connectivity index is 2.41. The van der Waals surface area contributed by atoms with Crippen molar-refractivity contribution in [3.63, 3.8) is 0 Å². The van der Waals surface area contributed by atoms with Crippen molar-refractivity contribution in [2.24, 2.45) is 5.92 Å². The fourth-order valence-corrected chi connectivity index (χ4v) is 2.60. The molecule has 2 atom stereocenters. The minimum atomic E-state index is -0.881. The first kappa shape index (κ1) is 20.4. The van der Waals surface area contributed by atoms with Crippen LogP contribution in [0.1, 0.15) is 26.7 Å². The van der Waals surface area contributed by atoms with Gasteiger partial charge in [-0.3, -0.25) is 14.4 Å². The lowest BCUT2D eigenvalue weighted by Gasteiger charge is -2.32. The Bertz CT molecular complexity index is 442. The highest BCUT2D eigenvalue weighted by Crippen LogP contribution is 2.16. The molecule has 1 aliphatic rings. The first-order chi connectivity index (χ1) is 11.4. The van der Waals surface area contributed by atoms with Crippen molar-refractivity contribution < 1.29 is 29.0 Å². The molecule has 0 radical (unpaired) electrons. The van der Waals surface area contributed by atoms with Crippen molar-refractivity contribution in [3.8, 4) is 0 Å². The van der Waals surface area contributed by atoms with Crippen LogP contribution in [0.15, 0.2) is 0 Å². The predicted octanol–water partition coefficient (Wildman–Crippen LogP) is 0.210. The van der Waals surface area contributed by atoms with Crippen LogP contribution in [0.2, 0.25) is 0 Å². The Kier molecular flexibility index (Phi) is 8.70. The van der Waals surface area contributed by atoms with Gasteiger partial charge >= 0.3 is 5.97 Å². The van der Waals surface area contributed by atoms with Crippen LogP contribution in [-0.2, 0) is 23.9 Å². The molecule has 1 saturated heterocycles. The van der Waals surface area contributed by atoms with Crippen LogP contribution in [0.4, 0.5) is 0 Å². The molecule has 0 aromatic rings. The fraction of sp³-hybridized carbons (Fsp3) is 0.812. The summed E-state index contributed by atoms with van der Waals surface area (Å²) in [6.07, 6.45) is 0.590. The predicted molar refractivity (Wildman–Crippen MR) is 86.5 cm³/mol. The van der Waals surface area contributed by atoms with E-state index in [9.17, 15) is 14.4 Å². The van der Waals surface area contributed by atoms with Gasteiger partial charge in [-0.25, -0.2) is 0 Å². The van der Waals surface area contributed by atoms with E-state index in [2.05, 4.69) is 0 Å². The Morgan fingerprint density at radius 3 is 2.67 bits per heavy atom. The van der Waals surface area contributed by atoms with E-state index in [-0.39, 0.29) is 24.9 Å². The summed E-state index contributed by atoms with van der Waals surface area (Å²) in [5, 5.41) is 9.07. The summed E-state index contributed by atoms with van der Waals surface area (Å²) >= 11 is 0. The second-order valence-corrected chi connectivity index (χ2v) is 5.92. The number of ether oxygens (including phenoxy) is 2. The minimum Gasteiger partial charge on any atom is -0.481 e. The molecule has 2 unspecified atom stereocenters. The van der Waals surface area contributed by atoms with Gasteiger partial charge in [0.05, 0.1) is 25.7 Å². The quantitative estimate of drug-likeness (QED) is 0.601. The van der Waals surface area contributed by atoms with Crippen molar-refractivity contribution in [2.45, 2.75) is 32.8 Å². The van der Waals surface area contributed by atoms with E-state index in [0.717, 1.165) is 0 Å². The number of hydrogen-bond donors (Lipinski definition) is 1. The normalized spacial score (nSPS) is 19.0. The number of nitrogens with zero attached hydrogens (tertiary/aromatic N) is 2. The molecular formula is C16H28N2O6. The Morgan fingerprint density at radius 2 is 2.04 bits per heavy atom. The van der Waals surface area contributed by atoms with Crippen molar-refractivity contribution in [1.29, 1.82) is 0 Å². The molecule has 1 N–H and O–H groups in total. The lowest BCUT2D eigenvalue weighted by Crippen LogP contribution is -2.48. The lowest BCUT2D eigenvalue weighted by molar-refractivity contribution is -0.150. The standard InChI is InChI=1S/C16H28N2O6/c1-4-23-8-9-24-12(2)15(20)17(3)11-14(19)18-7-5-6-13(10-18)16(21)22/h12-13H,4-11H2,1-3H3,(H,21,22). The zero-order chi connectivity index (χ0) is 18.1. The average molecular weight is 344 g/mol. The van der Waals surface area contributed by atoms with Gasteiger partial charge in [-0.15, -0.1) is 0 Å². The molecule has 8 heteroatoms. The van der Waals surface area contributed by atoms with E-state index >= 15 is 0 Å². The van der Waals surface area contributed by atoms with E-state index in [1.165, 1.54) is 9.80 Å². The Labute approximate surface area is 142 Å². The summed E-state index contributed by atoms with van der Waals surface area (Å²) in [4.78, 5) is 38.4. The largest absolute Gasteiger partial charge is 0.481 e. The molecule has 8 nitrogen and oxygen atoms in total. The molecule has 0 aromatic carbocycles. The molecule has 0 aliphatic carbocycles. The second kappa shape index (κ2) is 10.2. The van der Waals surface area contributed by atoms with Gasteiger partial charge in [0.15, 0.2) is 0 Å². The van der Waals surface area contributed by atoms with Gasteiger partial charge in [-0.1, -0.05) is 0 Å². The number of likely N-dealkylation sites (tertiary alicyclic amines) is 1. The van der Waals surface area contributed by atoms with Crippen LogP contribution in [0, 0.1) is 5.92 Å². The minimum absolute atomic E-state index is 0.0790. The van der Waals surface area contributed by atoms with Crippen LogP contribution in [0.5, 0.6) is 0 Å². The van der Waals surface area contributed by atoms with Gasteiger partial charge < -0.3 is 24.4 Å². The number of aliphatic carboxylic acids is 1. The lowest BCUT2D eigenvalue weighted by atomic mass is 9.98. The van der Waals surface area contributed by atoms with Gasteiger partial charge in [0.1, 0.15) is 6.10 Å². The number of carbonyl (C=O) groups excluding carboxylic acids is 2. The van der Waals surface area contributed by atoms with Crippen LogP contribution >= 0.6 is 0 Å². The molecule has 1 aliphatic heterocycles. The van der Waals surface area contributed by atoms with Gasteiger partial charge in [0.25, 0.3) is 5.91 Å². The average Bonchev–Trinajstić information content (AvgIpc) is 2.57. The van der Waals surface area contributed by atoms with E-state index in [1.807, 2.05) is 6.92 Å². The highest BCUT2D eigenvalue weighted by Gasteiger charge is 2.29. The van der Waals surface area contributed by atoms with Crippen LogP contribution in [0.3, 0.4) is 0 Å². The van der Waals surface area contributed by atoms with Gasteiger partial charge in [-0.2, -0.15) is 0 Å². The topological polar surface area (TPSA) is 96.4 Å². The fourth-order valence-electron chi connectivity index (χ4n) is 2.60. The van der Waals surface area contributed by atoms with Crippen LogP contribution < -0.4 is 0 Å². The Hall–Kier alpha value is -1.67. The SMILES string of the molecule is CCOCCOC(C)C(=O)N(C)CC(=O)N1CCCC(C(=O)O)C1. The maximum atomic E-state index is 12.3. The molecule has 24 heavy (non-hydrogen) atoms. The van der Waals surface area contributed by atoms with Crippen molar-refractivity contribution in [2.75, 3.05) is 46.5 Å². The molecule has 138 valence electrons. The molecule has 1 rings (SSSR count). The zero-order valence-electron chi connectivity index (χ0n) is 14.7. The van der Waals surface area contributed by atoms with Crippen molar-refractivity contribution >= 4 is 17.8 Å². The molecule has 1 fully saturated rings. The number of amides is 2. The van der Waals surface area contributed by atoms with Gasteiger partial charge in [0, 0.05) is 26.7 Å². The highest BCUT2D eigenvalue weighted by molar-refractivity contribution is 5.87. The number of rotatable bonds is 9. The third-order valence-corrected chi connectivity index (χ3v) is 4.02. The maximum absolute atomic E-state index is 12.3. The van der Waals surface area contributed by atoms with Crippen molar-refractivity contribution in [1.82, 2.24) is 9.80 Å². The number of hydrogen-bond acceptors (Lipinski definition) is 5. The number of likely N-dealkylation sites (N-methyl/N-ethyl adjacent to an activating group) is 1. The highest BCUT2D eigenvalue weighted by atomic mass is 16.5. The van der Waals surface area contributed by atoms with Crippen molar-refractivity contribution in [3.05, 3.63) is 0 Å². The number of piperidine rings is 1. The second-order valence-electron chi connectivity index (χ2n) is 5.92. The summed E-state index contributed by atoms with van der Waals surface area (Å²) in [6.45, 7) is 5.50. The van der Waals surface area contributed by atoms with Crippen LogP contribution in [0.25, 0.3) is 0 Å². The monoisotopic (exact) mass is 344 g/mol. The Morgan fingerprint density at radius 1 is 1.33 bits per heavy atom. The van der Waals surface area contributed by atoms with E-state index < -0.39 is 18.0 Å². The van der Waals surface area contributed by atoms with E-state index in [4.69, 9.17) is 14.6 Å². The summed E-state index contributed by atoms with van der Waals surface area (Å²) < 4.78 is 10.5. The first-order valence-corrected chi connectivity index (χ1v) is 8.31. The van der Waals surface area contributed by atoms with E-state index in [1.54, 1.807) is 14.0 Å². The summed E-state index contributed by atoms with van der Waals surface area (Å²) in [6, 6.07) is 0. The summed E-state index contributed by atoms with van der Waals surface area (Å²) in [5.41, 5.74) is 0. The van der Waals surface area contributed by atoms with E-state index in [0.29, 0.717) is 39.2 Å². The summed E-state index contributed by atoms with van der Waals surface area (Å²) in [5.74, 6) is -1.93. The molecule has 0 aromatic heterocycles. The van der Waals surface area contributed by atoms with Gasteiger partial charge in [0.2, 0.25) is 5.91 Å². The molecule has 1 heterocycles. The number of carboxylic acids is 1. The molecule has 0 spiro atoms. The molecule has 0 bridgehead atoms. The molecule has 2 amide bonds. The zero-order valence-corrected chi connectivity index (χ0v) is 14.7. The molecular weight excluding hydrogens is 316 g/mol. The summed E-state index contributed by atoms with van der Waals surface area (Å²) in [7, 11) is 1.54. The third-order valence-electron chi connectivity index (χ3n) is 4.02. The first-order valence-electron chi connectivity index (χ1n) is 8.31. The molecule has 0 saturated carbocycles.